The Morgan fingerprint density at radius 2 is 2.23 bits per heavy atom. The van der Waals surface area contributed by atoms with Crippen molar-refractivity contribution in [3.63, 3.8) is 0 Å². The van der Waals surface area contributed by atoms with Gasteiger partial charge in [-0.3, -0.25) is 4.79 Å². The summed E-state index contributed by atoms with van der Waals surface area (Å²) in [5.41, 5.74) is -0.354. The summed E-state index contributed by atoms with van der Waals surface area (Å²) in [6.07, 6.45) is -2.13. The van der Waals surface area contributed by atoms with Gasteiger partial charge in [0.2, 0.25) is 11.0 Å². The monoisotopic (exact) mass is 337 g/mol. The maximum atomic E-state index is 12.4. The van der Waals surface area contributed by atoms with Crippen LogP contribution in [0.4, 0.5) is 18.3 Å². The molecule has 6 nitrogen and oxygen atoms in total. The van der Waals surface area contributed by atoms with Gasteiger partial charge in [0.1, 0.15) is 0 Å². The van der Waals surface area contributed by atoms with E-state index in [2.05, 4.69) is 14.7 Å². The average molecular weight is 337 g/mol. The Labute approximate surface area is 127 Å². The molecule has 2 fully saturated rings. The molecule has 2 N–H and O–H groups in total. The zero-order chi connectivity index (χ0) is 16.0. The van der Waals surface area contributed by atoms with Crippen molar-refractivity contribution < 1.29 is 27.8 Å². The van der Waals surface area contributed by atoms with Gasteiger partial charge < -0.3 is 15.2 Å². The highest BCUT2D eigenvalue weighted by Crippen LogP contribution is 2.49. The molecular formula is C12H14F3N3O3S. The Hall–Kier alpha value is -1.42. The molecule has 1 atom stereocenters. The Balaban J connectivity index is 1.48. The van der Waals surface area contributed by atoms with Gasteiger partial charge in [-0.1, -0.05) is 0 Å². The van der Waals surface area contributed by atoms with Crippen LogP contribution in [0.3, 0.4) is 0 Å². The second-order valence-electron chi connectivity index (χ2n) is 5.71. The Kier molecular flexibility index (Phi) is 3.76. The van der Waals surface area contributed by atoms with Crippen LogP contribution in [0.25, 0.3) is 0 Å². The minimum Gasteiger partial charge on any atom is -0.481 e. The van der Waals surface area contributed by atoms with Gasteiger partial charge in [-0.05, 0) is 25.7 Å². The standard InChI is InChI=1S/C12H14F3N3O3S/c13-12(14,15)9-17-10(22-18-9)16-5-7-1-2-11(21-7)3-6(4-11)8(19)20/h6-7H,1-5H2,(H,19,20)(H,16,17,18). The smallest absolute Gasteiger partial charge is 0.452 e. The summed E-state index contributed by atoms with van der Waals surface area (Å²) >= 11 is 0.658. The third-order valence-corrected chi connectivity index (χ3v) is 4.76. The molecule has 2 aliphatic rings. The van der Waals surface area contributed by atoms with E-state index in [9.17, 15) is 18.0 Å². The van der Waals surface area contributed by atoms with Crippen molar-refractivity contribution in [2.75, 3.05) is 11.9 Å². The van der Waals surface area contributed by atoms with Crippen LogP contribution < -0.4 is 5.32 Å². The van der Waals surface area contributed by atoms with Crippen molar-refractivity contribution in [1.29, 1.82) is 0 Å². The van der Waals surface area contributed by atoms with Crippen molar-refractivity contribution in [1.82, 2.24) is 9.36 Å². The molecule has 3 rings (SSSR count). The lowest BCUT2D eigenvalue weighted by atomic mass is 9.69. The predicted molar refractivity (Wildman–Crippen MR) is 70.6 cm³/mol. The molecule has 0 aromatic carbocycles. The first-order valence-corrected chi connectivity index (χ1v) is 7.60. The fourth-order valence-corrected chi connectivity index (χ4v) is 3.56. The predicted octanol–water partition coefficient (Wildman–Crippen LogP) is 2.38. The minimum atomic E-state index is -4.54. The van der Waals surface area contributed by atoms with Crippen LogP contribution in [0.5, 0.6) is 0 Å². The van der Waals surface area contributed by atoms with E-state index in [1.165, 1.54) is 0 Å². The molecule has 1 aromatic heterocycles. The third kappa shape index (κ3) is 3.02. The van der Waals surface area contributed by atoms with Crippen LogP contribution in [-0.2, 0) is 15.7 Å². The number of hydrogen-bond acceptors (Lipinski definition) is 6. The first-order valence-electron chi connectivity index (χ1n) is 6.83. The SMILES string of the molecule is O=C(O)C1CC2(CCC(CNc3nc(C(F)(F)F)ns3)O2)C1. The summed E-state index contributed by atoms with van der Waals surface area (Å²) in [7, 11) is 0. The molecule has 1 unspecified atom stereocenters. The van der Waals surface area contributed by atoms with Crippen LogP contribution >= 0.6 is 11.5 Å². The summed E-state index contributed by atoms with van der Waals surface area (Å²) in [5, 5.41) is 11.8. The Bertz CT molecular complexity index is 571. The van der Waals surface area contributed by atoms with Gasteiger partial charge in [-0.25, -0.2) is 0 Å². The molecule has 10 heteroatoms. The normalized spacial score (nSPS) is 31.2. The number of nitrogens with zero attached hydrogens (tertiary/aromatic N) is 2. The van der Waals surface area contributed by atoms with Gasteiger partial charge in [-0.2, -0.15) is 22.5 Å². The molecule has 1 aliphatic heterocycles. The van der Waals surface area contributed by atoms with E-state index in [1.54, 1.807) is 0 Å². The van der Waals surface area contributed by atoms with E-state index in [4.69, 9.17) is 9.84 Å². The van der Waals surface area contributed by atoms with E-state index in [-0.39, 0.29) is 22.8 Å². The third-order valence-electron chi connectivity index (χ3n) is 4.09. The number of hydrogen-bond donors (Lipinski definition) is 2. The van der Waals surface area contributed by atoms with E-state index < -0.39 is 18.0 Å². The van der Waals surface area contributed by atoms with Crippen molar-refractivity contribution in [3.05, 3.63) is 5.82 Å². The molecule has 1 aliphatic carbocycles. The Morgan fingerprint density at radius 1 is 1.50 bits per heavy atom. The van der Waals surface area contributed by atoms with E-state index in [0.29, 0.717) is 30.9 Å². The van der Waals surface area contributed by atoms with Crippen LogP contribution in [0.1, 0.15) is 31.5 Å². The van der Waals surface area contributed by atoms with Crippen molar-refractivity contribution in [2.24, 2.45) is 5.92 Å². The highest BCUT2D eigenvalue weighted by molar-refractivity contribution is 7.09. The molecule has 1 saturated carbocycles. The fraction of sp³-hybridized carbons (Fsp3) is 0.750. The molecule has 2 heterocycles. The maximum absolute atomic E-state index is 12.4. The number of rotatable bonds is 4. The number of carboxylic acid groups (broad SMARTS) is 1. The van der Waals surface area contributed by atoms with E-state index in [1.807, 2.05) is 0 Å². The number of halogens is 3. The van der Waals surface area contributed by atoms with Crippen LogP contribution in [0, 0.1) is 5.92 Å². The van der Waals surface area contributed by atoms with Gasteiger partial charge in [0, 0.05) is 18.1 Å². The molecule has 0 bridgehead atoms. The lowest BCUT2D eigenvalue weighted by Crippen LogP contribution is -2.47. The minimum absolute atomic E-state index is 0.105. The number of carboxylic acids is 1. The number of nitrogens with one attached hydrogen (secondary N) is 1. The summed E-state index contributed by atoms with van der Waals surface area (Å²) in [6, 6.07) is 0. The summed E-state index contributed by atoms with van der Waals surface area (Å²) in [5.74, 6) is -2.29. The number of alkyl halides is 3. The maximum Gasteiger partial charge on any atom is 0.452 e. The van der Waals surface area contributed by atoms with Crippen LogP contribution in [-0.4, -0.2) is 38.7 Å². The van der Waals surface area contributed by atoms with Crippen molar-refractivity contribution >= 4 is 22.6 Å². The van der Waals surface area contributed by atoms with E-state index in [0.717, 1.165) is 12.8 Å². The zero-order valence-electron chi connectivity index (χ0n) is 11.4. The first-order chi connectivity index (χ1) is 10.3. The Morgan fingerprint density at radius 3 is 2.82 bits per heavy atom. The molecule has 1 saturated heterocycles. The average Bonchev–Trinajstić information content (AvgIpc) is 3.00. The molecular weight excluding hydrogens is 323 g/mol. The van der Waals surface area contributed by atoms with Gasteiger partial charge in [0.25, 0.3) is 0 Å². The largest absolute Gasteiger partial charge is 0.481 e. The molecule has 0 amide bonds. The summed E-state index contributed by atoms with van der Waals surface area (Å²) in [4.78, 5) is 14.2. The highest BCUT2D eigenvalue weighted by atomic mass is 32.1. The molecule has 122 valence electrons. The second kappa shape index (κ2) is 5.34. The van der Waals surface area contributed by atoms with Gasteiger partial charge in [0.05, 0.1) is 17.6 Å². The number of carbonyl (C=O) groups is 1. The molecule has 22 heavy (non-hydrogen) atoms. The van der Waals surface area contributed by atoms with Crippen molar-refractivity contribution in [2.45, 2.75) is 43.6 Å². The number of aromatic nitrogens is 2. The number of anilines is 1. The van der Waals surface area contributed by atoms with Crippen LogP contribution in [0.15, 0.2) is 0 Å². The fourth-order valence-electron chi connectivity index (χ4n) is 2.96. The molecule has 1 aromatic rings. The first kappa shape index (κ1) is 15.5. The quantitative estimate of drug-likeness (QED) is 0.878. The lowest BCUT2D eigenvalue weighted by molar-refractivity contribution is -0.164. The van der Waals surface area contributed by atoms with Gasteiger partial charge in [0.15, 0.2) is 0 Å². The van der Waals surface area contributed by atoms with E-state index >= 15 is 0 Å². The summed E-state index contributed by atoms with van der Waals surface area (Å²) in [6.45, 7) is 0.339. The van der Waals surface area contributed by atoms with Gasteiger partial charge in [-0.15, -0.1) is 0 Å². The summed E-state index contributed by atoms with van der Waals surface area (Å²) < 4.78 is 46.3. The molecule has 1 spiro atoms. The van der Waals surface area contributed by atoms with Gasteiger partial charge >= 0.3 is 12.1 Å². The number of ether oxygens (including phenoxy) is 1. The highest BCUT2D eigenvalue weighted by Gasteiger charge is 2.52. The zero-order valence-corrected chi connectivity index (χ0v) is 12.2. The van der Waals surface area contributed by atoms with Crippen LogP contribution in [0.2, 0.25) is 0 Å². The van der Waals surface area contributed by atoms with Crippen molar-refractivity contribution in [3.8, 4) is 0 Å². The number of aliphatic carboxylic acids is 1. The topological polar surface area (TPSA) is 84.3 Å². The second-order valence-corrected chi connectivity index (χ2v) is 6.46. The lowest BCUT2D eigenvalue weighted by Gasteiger charge is -2.42. The molecule has 0 radical (unpaired) electrons.